The van der Waals surface area contributed by atoms with Crippen molar-refractivity contribution in [3.8, 4) is 0 Å². The van der Waals surface area contributed by atoms with Gasteiger partial charge in [0.2, 0.25) is 0 Å². The van der Waals surface area contributed by atoms with Crippen LogP contribution in [-0.4, -0.2) is 23.6 Å². The van der Waals surface area contributed by atoms with Crippen LogP contribution in [0.15, 0.2) is 12.2 Å². The minimum absolute atomic E-state index is 0.171. The van der Waals surface area contributed by atoms with Gasteiger partial charge in [-0.2, -0.15) is 0 Å². The Morgan fingerprint density at radius 2 is 1.90 bits per heavy atom. The van der Waals surface area contributed by atoms with Gasteiger partial charge in [-0.3, -0.25) is 9.59 Å². The first-order valence-electron chi connectivity index (χ1n) is 12.5. The molecule has 0 saturated heterocycles. The summed E-state index contributed by atoms with van der Waals surface area (Å²) in [6.07, 6.45) is 15.8. The van der Waals surface area contributed by atoms with Crippen molar-refractivity contribution < 1.29 is 19.1 Å². The summed E-state index contributed by atoms with van der Waals surface area (Å²) in [6, 6.07) is 0. The molecule has 0 radical (unpaired) electrons. The normalized spacial score (nSPS) is 39.4. The summed E-state index contributed by atoms with van der Waals surface area (Å²) in [6.45, 7) is 5.87. The van der Waals surface area contributed by atoms with Crippen LogP contribution in [0.4, 0.5) is 0 Å². The van der Waals surface area contributed by atoms with E-state index in [1.165, 1.54) is 45.4 Å². The smallest absolute Gasteiger partial charge is 0.310 e. The predicted octanol–water partition coefficient (Wildman–Crippen LogP) is 5.84. The zero-order valence-corrected chi connectivity index (χ0v) is 19.1. The molecule has 0 spiro atoms. The second-order valence-corrected chi connectivity index (χ2v) is 10.6. The number of hydrogen-bond donors (Lipinski definition) is 0. The molecule has 8 unspecified atom stereocenters. The van der Waals surface area contributed by atoms with Gasteiger partial charge in [0, 0.05) is 6.92 Å². The van der Waals surface area contributed by atoms with E-state index < -0.39 is 0 Å². The first kappa shape index (κ1) is 21.9. The van der Waals surface area contributed by atoms with E-state index in [4.69, 9.17) is 9.47 Å². The Bertz CT molecular complexity index is 670. The quantitative estimate of drug-likeness (QED) is 0.332. The Balaban J connectivity index is 1.31. The molecule has 0 aromatic carbocycles. The third-order valence-corrected chi connectivity index (χ3v) is 8.77. The third kappa shape index (κ3) is 4.48. The fourth-order valence-electron chi connectivity index (χ4n) is 7.37. The largest absolute Gasteiger partial charge is 0.462 e. The maximum atomic E-state index is 12.9. The number of hydrogen-bond acceptors (Lipinski definition) is 4. The predicted molar refractivity (Wildman–Crippen MR) is 117 cm³/mol. The molecule has 3 saturated carbocycles. The highest BCUT2D eigenvalue weighted by Gasteiger charge is 2.56. The van der Waals surface area contributed by atoms with Crippen molar-refractivity contribution in [2.45, 2.75) is 103 Å². The molecule has 4 aliphatic carbocycles. The standard InChI is InChI=1S/C26H40O4/c1-4-6-19-13-23-14-22(19)16-26(23,5-2)30-25(28)15-24(29-17(3)27)10-9-21-12-18-7-8-20(21)11-18/h7-8,18-24H,4-6,9-16H2,1-3H3. The van der Waals surface area contributed by atoms with Crippen molar-refractivity contribution in [3.05, 3.63) is 12.2 Å². The first-order valence-corrected chi connectivity index (χ1v) is 12.5. The Morgan fingerprint density at radius 3 is 2.47 bits per heavy atom. The lowest BCUT2D eigenvalue weighted by Crippen LogP contribution is -2.42. The van der Waals surface area contributed by atoms with Gasteiger partial charge in [-0.15, -0.1) is 0 Å². The number of allylic oxidation sites excluding steroid dienone is 2. The molecule has 4 heteroatoms. The van der Waals surface area contributed by atoms with Gasteiger partial charge in [-0.25, -0.2) is 0 Å². The molecule has 0 aromatic heterocycles. The summed E-state index contributed by atoms with van der Waals surface area (Å²) in [4.78, 5) is 24.6. The molecule has 4 nitrogen and oxygen atoms in total. The summed E-state index contributed by atoms with van der Waals surface area (Å²) in [7, 11) is 0. The van der Waals surface area contributed by atoms with Gasteiger partial charge in [-0.1, -0.05) is 38.8 Å². The van der Waals surface area contributed by atoms with Crippen molar-refractivity contribution in [1.29, 1.82) is 0 Å². The minimum atomic E-state index is -0.349. The van der Waals surface area contributed by atoms with E-state index in [1.807, 2.05) is 0 Å². The van der Waals surface area contributed by atoms with Crippen LogP contribution < -0.4 is 0 Å². The van der Waals surface area contributed by atoms with Gasteiger partial charge in [0.25, 0.3) is 0 Å². The van der Waals surface area contributed by atoms with Gasteiger partial charge < -0.3 is 9.47 Å². The van der Waals surface area contributed by atoms with Crippen molar-refractivity contribution in [2.24, 2.45) is 35.5 Å². The second kappa shape index (κ2) is 9.04. The lowest BCUT2D eigenvalue weighted by molar-refractivity contribution is -0.172. The van der Waals surface area contributed by atoms with E-state index in [2.05, 4.69) is 26.0 Å². The number of rotatable bonds is 10. The average molecular weight is 417 g/mol. The monoisotopic (exact) mass is 416 g/mol. The summed E-state index contributed by atoms with van der Waals surface area (Å²) in [5.74, 6) is 3.70. The highest BCUT2D eigenvalue weighted by molar-refractivity contribution is 5.72. The molecular formula is C26H40O4. The van der Waals surface area contributed by atoms with E-state index in [1.54, 1.807) is 0 Å². The maximum Gasteiger partial charge on any atom is 0.310 e. The molecule has 0 aliphatic heterocycles. The molecule has 4 bridgehead atoms. The summed E-state index contributed by atoms with van der Waals surface area (Å²) < 4.78 is 11.7. The topological polar surface area (TPSA) is 52.6 Å². The second-order valence-electron chi connectivity index (χ2n) is 10.6. The molecule has 4 rings (SSSR count). The zero-order valence-electron chi connectivity index (χ0n) is 19.1. The number of esters is 2. The number of carbonyl (C=O) groups is 2. The SMILES string of the molecule is CCCC1CC2CC1CC2(CC)OC(=O)CC(CCC1CC2C=CC1C2)OC(C)=O. The molecular weight excluding hydrogens is 376 g/mol. The van der Waals surface area contributed by atoms with Gasteiger partial charge in [0.1, 0.15) is 11.7 Å². The highest BCUT2D eigenvalue weighted by atomic mass is 16.6. The van der Waals surface area contributed by atoms with Gasteiger partial charge >= 0.3 is 11.9 Å². The minimum Gasteiger partial charge on any atom is -0.462 e. The molecule has 0 aromatic rings. The Hall–Kier alpha value is -1.32. The first-order chi connectivity index (χ1) is 14.4. The molecule has 8 atom stereocenters. The number of fused-ring (bicyclic) bond motifs is 4. The summed E-state index contributed by atoms with van der Waals surface area (Å²) in [5.41, 5.74) is -0.276. The van der Waals surface area contributed by atoms with E-state index >= 15 is 0 Å². The van der Waals surface area contributed by atoms with Crippen LogP contribution in [-0.2, 0) is 19.1 Å². The Kier molecular flexibility index (Phi) is 6.60. The third-order valence-electron chi connectivity index (χ3n) is 8.77. The van der Waals surface area contributed by atoms with E-state index in [-0.39, 0.29) is 30.1 Å². The molecule has 30 heavy (non-hydrogen) atoms. The molecule has 0 N–H and O–H groups in total. The van der Waals surface area contributed by atoms with Crippen LogP contribution in [0.25, 0.3) is 0 Å². The highest BCUT2D eigenvalue weighted by Crippen LogP contribution is 2.58. The van der Waals surface area contributed by atoms with E-state index in [0.29, 0.717) is 17.8 Å². The van der Waals surface area contributed by atoms with Crippen LogP contribution >= 0.6 is 0 Å². The summed E-state index contributed by atoms with van der Waals surface area (Å²) in [5, 5.41) is 0. The van der Waals surface area contributed by atoms with Gasteiger partial charge in [0.05, 0.1) is 6.42 Å². The Labute approximate surface area is 182 Å². The zero-order chi connectivity index (χ0) is 21.3. The van der Waals surface area contributed by atoms with Crippen LogP contribution in [0.1, 0.15) is 91.4 Å². The lowest BCUT2D eigenvalue weighted by atomic mass is 9.76. The molecule has 168 valence electrons. The molecule has 0 heterocycles. The van der Waals surface area contributed by atoms with Crippen LogP contribution in [0.2, 0.25) is 0 Å². The van der Waals surface area contributed by atoms with Crippen molar-refractivity contribution in [1.82, 2.24) is 0 Å². The van der Waals surface area contributed by atoms with E-state index in [0.717, 1.165) is 43.4 Å². The average Bonchev–Trinajstić information content (AvgIpc) is 3.46. The van der Waals surface area contributed by atoms with E-state index in [9.17, 15) is 9.59 Å². The lowest BCUT2D eigenvalue weighted by Gasteiger charge is -2.39. The fraction of sp³-hybridized carbons (Fsp3) is 0.846. The fourth-order valence-corrected chi connectivity index (χ4v) is 7.37. The summed E-state index contributed by atoms with van der Waals surface area (Å²) >= 11 is 0. The molecule has 0 amide bonds. The van der Waals surface area contributed by atoms with Crippen LogP contribution in [0.3, 0.4) is 0 Å². The number of ether oxygens (including phenoxy) is 2. The maximum absolute atomic E-state index is 12.9. The number of carbonyl (C=O) groups excluding carboxylic acids is 2. The van der Waals surface area contributed by atoms with Crippen LogP contribution in [0.5, 0.6) is 0 Å². The van der Waals surface area contributed by atoms with Crippen molar-refractivity contribution in [3.63, 3.8) is 0 Å². The van der Waals surface area contributed by atoms with Gasteiger partial charge in [-0.05, 0) is 86.9 Å². The Morgan fingerprint density at radius 1 is 1.07 bits per heavy atom. The van der Waals surface area contributed by atoms with Crippen molar-refractivity contribution in [2.75, 3.05) is 0 Å². The van der Waals surface area contributed by atoms with Crippen molar-refractivity contribution >= 4 is 11.9 Å². The molecule has 3 fully saturated rings. The molecule has 4 aliphatic rings. The van der Waals surface area contributed by atoms with Crippen LogP contribution in [0, 0.1) is 35.5 Å². The van der Waals surface area contributed by atoms with Gasteiger partial charge in [0.15, 0.2) is 0 Å².